The third-order valence-corrected chi connectivity index (χ3v) is 10.1. The normalized spacial score (nSPS) is 21.0. The minimum atomic E-state index is -1.26. The summed E-state index contributed by atoms with van der Waals surface area (Å²) in [5.74, 6) is -1.71. The third-order valence-electron chi connectivity index (χ3n) is 10.1. The van der Waals surface area contributed by atoms with Crippen molar-refractivity contribution in [3.05, 3.63) is 79.9 Å². The van der Waals surface area contributed by atoms with Crippen LogP contribution >= 0.6 is 0 Å². The summed E-state index contributed by atoms with van der Waals surface area (Å²) < 4.78 is 23.2. The molecule has 2 amide bonds. The van der Waals surface area contributed by atoms with E-state index < -0.39 is 47.0 Å². The fourth-order valence-electron chi connectivity index (χ4n) is 7.26. The maximum Gasteiger partial charge on any atom is 0.332 e. The van der Waals surface area contributed by atoms with E-state index in [1.807, 2.05) is 60.7 Å². The van der Waals surface area contributed by atoms with Gasteiger partial charge in [0, 0.05) is 41.3 Å². The molecule has 5 atom stereocenters. The number of aromatic nitrogens is 1. The van der Waals surface area contributed by atoms with E-state index in [9.17, 15) is 19.2 Å². The lowest BCUT2D eigenvalue weighted by atomic mass is 9.95. The summed E-state index contributed by atoms with van der Waals surface area (Å²) >= 11 is 0. The zero-order chi connectivity index (χ0) is 39.8. The first kappa shape index (κ1) is 41.0. The van der Waals surface area contributed by atoms with Crippen LogP contribution in [0.15, 0.2) is 79.9 Å². The molecule has 2 fully saturated rings. The topological polar surface area (TPSA) is 133 Å². The number of nitrogens with zero attached hydrogens (tertiary/aromatic N) is 2. The molecule has 1 aliphatic heterocycles. The molecule has 5 rings (SSSR count). The summed E-state index contributed by atoms with van der Waals surface area (Å²) in [5.41, 5.74) is 0.249. The summed E-state index contributed by atoms with van der Waals surface area (Å²) in [4.78, 5) is 61.8. The molecular formula is C44H55N3O8. The molecule has 0 bridgehead atoms. The number of fused-ring (bicyclic) bond motifs is 1. The highest BCUT2D eigenvalue weighted by atomic mass is 16.6. The molecule has 0 spiro atoms. The fourth-order valence-corrected chi connectivity index (χ4v) is 7.26. The predicted octanol–water partition coefficient (Wildman–Crippen LogP) is 7.37. The molecule has 0 radical (unpaired) electrons. The number of rotatable bonds is 18. The Morgan fingerprint density at radius 3 is 2.47 bits per heavy atom. The maximum atomic E-state index is 14.7. The highest BCUT2D eigenvalue weighted by molar-refractivity contribution is 5.96. The summed E-state index contributed by atoms with van der Waals surface area (Å²) in [6, 6.07) is 16.2. The number of hydrogen-bond donors (Lipinski definition) is 1. The standard InChI is InChI=1S/C44H55N3O8/c1-8-11-12-13-15-20-30(23-39(48)55-43(4,5)6)41(50)47-28-33(25-37(47)40(49)46-44(27-31(44)9-2)42(51)53-10-3)54-38-26-35(29-18-16-14-17-19-29)45-36-24-32(52-7)21-22-34(36)38/h8-9,14,16-19,21-22,24,26,30-31,33,37H,1-2,10-13,15,20,23,25,27-28H2,3-7H3,(H,46,49)/t30-,31?,33-,37+,44?/m1/s1. The fraction of sp³-hybridized carbons (Fsp3) is 0.477. The molecule has 3 aromatic rings. The van der Waals surface area contributed by atoms with Gasteiger partial charge in [-0.2, -0.15) is 0 Å². The SMILES string of the molecule is C=CCCCCC[C@H](CC(=O)OC(C)(C)C)C(=O)N1C[C@H](Oc2cc(-c3ccccc3)nc3cc(OC)ccc23)C[C@H]1C(=O)NC1(C(=O)OCC)CC1C=C. The van der Waals surface area contributed by atoms with Crippen LogP contribution in [-0.4, -0.2) is 77.2 Å². The Morgan fingerprint density at radius 1 is 1.05 bits per heavy atom. The van der Waals surface area contributed by atoms with Crippen LogP contribution in [0, 0.1) is 11.8 Å². The lowest BCUT2D eigenvalue weighted by Gasteiger charge is -2.29. The first-order valence-corrected chi connectivity index (χ1v) is 19.3. The molecule has 1 saturated carbocycles. The smallest absolute Gasteiger partial charge is 0.332 e. The quantitative estimate of drug-likeness (QED) is 0.0804. The van der Waals surface area contributed by atoms with Crippen LogP contribution < -0.4 is 14.8 Å². The van der Waals surface area contributed by atoms with Crippen molar-refractivity contribution >= 4 is 34.7 Å². The Hall–Kier alpha value is -5.19. The lowest BCUT2D eigenvalue weighted by Crippen LogP contribution is -2.54. The molecule has 2 aliphatic rings. The van der Waals surface area contributed by atoms with Gasteiger partial charge in [0.05, 0.1) is 37.9 Å². The second-order valence-electron chi connectivity index (χ2n) is 15.4. The molecule has 11 nitrogen and oxygen atoms in total. The van der Waals surface area contributed by atoms with Gasteiger partial charge in [0.15, 0.2) is 0 Å². The number of benzene rings is 2. The highest BCUT2D eigenvalue weighted by Crippen LogP contribution is 2.46. The van der Waals surface area contributed by atoms with Crippen molar-refractivity contribution in [2.45, 2.75) is 102 Å². The van der Waals surface area contributed by atoms with Gasteiger partial charge in [-0.15, -0.1) is 13.2 Å². The summed E-state index contributed by atoms with van der Waals surface area (Å²) in [6.07, 6.45) is 7.03. The highest BCUT2D eigenvalue weighted by Gasteiger charge is 2.62. The van der Waals surface area contributed by atoms with Gasteiger partial charge in [0.2, 0.25) is 11.8 Å². The average Bonchev–Trinajstić information content (AvgIpc) is 3.72. The summed E-state index contributed by atoms with van der Waals surface area (Å²) in [5, 5.41) is 3.69. The molecule has 294 valence electrons. The van der Waals surface area contributed by atoms with Crippen LogP contribution in [0.5, 0.6) is 11.5 Å². The number of likely N-dealkylation sites (tertiary alicyclic amines) is 1. The Morgan fingerprint density at radius 2 is 1.82 bits per heavy atom. The molecule has 2 aromatic carbocycles. The molecule has 1 N–H and O–H groups in total. The van der Waals surface area contributed by atoms with Crippen molar-refractivity contribution in [3.63, 3.8) is 0 Å². The average molecular weight is 754 g/mol. The van der Waals surface area contributed by atoms with Gasteiger partial charge in [0.1, 0.15) is 34.8 Å². The van der Waals surface area contributed by atoms with Crippen molar-refractivity contribution in [3.8, 4) is 22.8 Å². The van der Waals surface area contributed by atoms with Crippen LogP contribution in [0.2, 0.25) is 0 Å². The molecule has 1 saturated heterocycles. The Balaban J connectivity index is 1.49. The number of pyridine rings is 1. The lowest BCUT2D eigenvalue weighted by molar-refractivity contribution is -0.159. The maximum absolute atomic E-state index is 14.7. The molecule has 1 aliphatic carbocycles. The van der Waals surface area contributed by atoms with E-state index in [1.54, 1.807) is 40.9 Å². The molecule has 2 unspecified atom stereocenters. The number of allylic oxidation sites excluding steroid dienone is 1. The minimum absolute atomic E-state index is 0.0795. The monoisotopic (exact) mass is 753 g/mol. The van der Waals surface area contributed by atoms with E-state index >= 15 is 0 Å². The van der Waals surface area contributed by atoms with Crippen LogP contribution in [-0.2, 0) is 28.7 Å². The number of amides is 2. The van der Waals surface area contributed by atoms with Crippen molar-refractivity contribution in [2.24, 2.45) is 11.8 Å². The van der Waals surface area contributed by atoms with Crippen molar-refractivity contribution in [1.29, 1.82) is 0 Å². The molecule has 55 heavy (non-hydrogen) atoms. The summed E-state index contributed by atoms with van der Waals surface area (Å²) in [7, 11) is 1.59. The van der Waals surface area contributed by atoms with Gasteiger partial charge in [0.25, 0.3) is 0 Å². The van der Waals surface area contributed by atoms with Crippen LogP contribution in [0.4, 0.5) is 0 Å². The van der Waals surface area contributed by atoms with E-state index in [1.165, 1.54) is 4.90 Å². The number of nitrogens with one attached hydrogen (secondary N) is 1. The second kappa shape index (κ2) is 18.0. The summed E-state index contributed by atoms with van der Waals surface area (Å²) in [6.45, 7) is 15.0. The predicted molar refractivity (Wildman–Crippen MR) is 211 cm³/mol. The van der Waals surface area contributed by atoms with E-state index in [0.717, 1.165) is 30.2 Å². The van der Waals surface area contributed by atoms with E-state index in [4.69, 9.17) is 23.9 Å². The van der Waals surface area contributed by atoms with Gasteiger partial charge >= 0.3 is 11.9 Å². The van der Waals surface area contributed by atoms with E-state index in [-0.39, 0.29) is 37.8 Å². The zero-order valence-electron chi connectivity index (χ0n) is 32.8. The minimum Gasteiger partial charge on any atom is -0.497 e. The first-order valence-electron chi connectivity index (χ1n) is 19.3. The largest absolute Gasteiger partial charge is 0.497 e. The van der Waals surface area contributed by atoms with Gasteiger partial charge in [-0.3, -0.25) is 14.4 Å². The van der Waals surface area contributed by atoms with Crippen LogP contribution in [0.1, 0.15) is 79.1 Å². The molecular weight excluding hydrogens is 698 g/mol. The number of carbonyl (C=O) groups is 4. The molecule has 11 heteroatoms. The van der Waals surface area contributed by atoms with Gasteiger partial charge in [-0.05, 0) is 65.5 Å². The van der Waals surface area contributed by atoms with Crippen LogP contribution in [0.3, 0.4) is 0 Å². The number of methoxy groups -OCH3 is 1. The zero-order valence-corrected chi connectivity index (χ0v) is 32.8. The molecule has 1 aromatic heterocycles. The molecule has 2 heterocycles. The van der Waals surface area contributed by atoms with Crippen molar-refractivity contribution in [2.75, 3.05) is 20.3 Å². The number of carbonyl (C=O) groups excluding carboxylic acids is 4. The second-order valence-corrected chi connectivity index (χ2v) is 15.4. The third kappa shape index (κ3) is 10.1. The Kier molecular flexibility index (Phi) is 13.4. The van der Waals surface area contributed by atoms with E-state index in [2.05, 4.69) is 18.5 Å². The first-order chi connectivity index (χ1) is 26.3. The number of unbranched alkanes of at least 4 members (excludes halogenated alkanes) is 3. The van der Waals surface area contributed by atoms with Gasteiger partial charge < -0.3 is 29.2 Å². The number of esters is 2. The van der Waals surface area contributed by atoms with Crippen LogP contribution in [0.25, 0.3) is 22.2 Å². The number of ether oxygens (including phenoxy) is 4. The van der Waals surface area contributed by atoms with Crippen molar-refractivity contribution < 1.29 is 38.1 Å². The van der Waals surface area contributed by atoms with Crippen molar-refractivity contribution in [1.82, 2.24) is 15.2 Å². The Labute approximate surface area is 324 Å². The number of hydrogen-bond acceptors (Lipinski definition) is 9. The van der Waals surface area contributed by atoms with Gasteiger partial charge in [-0.25, -0.2) is 9.78 Å². The Bertz CT molecular complexity index is 1870. The van der Waals surface area contributed by atoms with E-state index in [0.29, 0.717) is 42.0 Å². The van der Waals surface area contributed by atoms with Gasteiger partial charge in [-0.1, -0.05) is 55.3 Å².